The summed E-state index contributed by atoms with van der Waals surface area (Å²) in [4.78, 5) is 4.29. The summed E-state index contributed by atoms with van der Waals surface area (Å²) in [5, 5.41) is 4.16. The summed E-state index contributed by atoms with van der Waals surface area (Å²) in [6.45, 7) is 3.78. The van der Waals surface area contributed by atoms with Gasteiger partial charge in [0.1, 0.15) is 11.6 Å². The SMILES string of the molecule is Fc1ccc(CN2CCN(C(=S)Nc3ccc(F)c(Cl)c3)CC2)c(Cl)c1. The molecule has 0 atom stereocenters. The van der Waals surface area contributed by atoms with Gasteiger partial charge >= 0.3 is 0 Å². The highest BCUT2D eigenvalue weighted by Gasteiger charge is 2.20. The molecule has 1 aliphatic rings. The molecule has 1 aliphatic heterocycles. The van der Waals surface area contributed by atoms with E-state index in [1.54, 1.807) is 12.1 Å². The predicted octanol–water partition coefficient (Wildman–Crippen LogP) is 4.79. The second-order valence-corrected chi connectivity index (χ2v) is 7.26. The molecule has 2 aromatic carbocycles. The standard InChI is InChI=1S/C18H17Cl2F2N3S/c19-15-9-13(21)2-1-12(15)11-24-5-7-25(8-6-24)18(26)23-14-3-4-17(22)16(20)10-14/h1-4,9-10H,5-8,11H2,(H,23,26). The van der Waals surface area contributed by atoms with Gasteiger partial charge in [-0.3, -0.25) is 4.90 Å². The van der Waals surface area contributed by atoms with Crippen LogP contribution in [0.3, 0.4) is 0 Å². The van der Waals surface area contributed by atoms with Gasteiger partial charge in [0.05, 0.1) is 5.02 Å². The molecule has 1 fully saturated rings. The van der Waals surface area contributed by atoms with Crippen LogP contribution in [-0.2, 0) is 6.54 Å². The van der Waals surface area contributed by atoms with Crippen LogP contribution in [0.2, 0.25) is 10.0 Å². The minimum atomic E-state index is -0.462. The number of hydrogen-bond donors (Lipinski definition) is 1. The summed E-state index contributed by atoms with van der Waals surface area (Å²) in [7, 11) is 0. The van der Waals surface area contributed by atoms with Crippen molar-refractivity contribution in [3.8, 4) is 0 Å². The molecule has 8 heteroatoms. The molecule has 2 aromatic rings. The van der Waals surface area contributed by atoms with Crippen LogP contribution in [0.25, 0.3) is 0 Å². The average molecular weight is 416 g/mol. The molecule has 0 aliphatic carbocycles. The van der Waals surface area contributed by atoms with Gasteiger partial charge in [0.25, 0.3) is 0 Å². The van der Waals surface area contributed by atoms with Gasteiger partial charge in [-0.25, -0.2) is 8.78 Å². The van der Waals surface area contributed by atoms with Crippen molar-refractivity contribution in [2.24, 2.45) is 0 Å². The molecule has 0 radical (unpaired) electrons. The normalized spacial score (nSPS) is 15.2. The van der Waals surface area contributed by atoms with Crippen molar-refractivity contribution in [3.05, 3.63) is 63.6 Å². The monoisotopic (exact) mass is 415 g/mol. The number of nitrogens with zero attached hydrogens (tertiary/aromatic N) is 2. The van der Waals surface area contributed by atoms with E-state index in [4.69, 9.17) is 35.4 Å². The average Bonchev–Trinajstić information content (AvgIpc) is 2.61. The van der Waals surface area contributed by atoms with Crippen molar-refractivity contribution in [2.45, 2.75) is 6.54 Å². The van der Waals surface area contributed by atoms with Gasteiger partial charge in [-0.05, 0) is 48.1 Å². The molecule has 0 bridgehead atoms. The largest absolute Gasteiger partial charge is 0.346 e. The molecule has 1 N–H and O–H groups in total. The number of benzene rings is 2. The van der Waals surface area contributed by atoms with Crippen molar-refractivity contribution in [1.29, 1.82) is 0 Å². The van der Waals surface area contributed by atoms with Crippen molar-refractivity contribution in [3.63, 3.8) is 0 Å². The Bertz CT molecular complexity index is 811. The maximum atomic E-state index is 13.2. The third-order valence-electron chi connectivity index (χ3n) is 4.24. The molecule has 0 saturated carbocycles. The number of thiocarbonyl (C=S) groups is 1. The first-order chi connectivity index (χ1) is 12.4. The first kappa shape index (κ1) is 19.3. The molecule has 1 heterocycles. The highest BCUT2D eigenvalue weighted by atomic mass is 35.5. The van der Waals surface area contributed by atoms with Gasteiger partial charge in [-0.2, -0.15) is 0 Å². The van der Waals surface area contributed by atoms with Crippen LogP contribution in [-0.4, -0.2) is 41.1 Å². The Hall–Kier alpha value is -1.47. The Kier molecular flexibility index (Phi) is 6.29. The highest BCUT2D eigenvalue weighted by Crippen LogP contribution is 2.21. The second-order valence-electron chi connectivity index (χ2n) is 6.06. The Morgan fingerprint density at radius 2 is 1.73 bits per heavy atom. The van der Waals surface area contributed by atoms with Crippen LogP contribution < -0.4 is 5.32 Å². The first-order valence-corrected chi connectivity index (χ1v) is 9.26. The van der Waals surface area contributed by atoms with Crippen molar-refractivity contribution in [1.82, 2.24) is 9.80 Å². The van der Waals surface area contributed by atoms with E-state index < -0.39 is 5.82 Å². The van der Waals surface area contributed by atoms with E-state index in [9.17, 15) is 8.78 Å². The Labute approximate surface area is 166 Å². The molecule has 0 aromatic heterocycles. The van der Waals surface area contributed by atoms with E-state index in [1.165, 1.54) is 24.3 Å². The molecule has 138 valence electrons. The first-order valence-electron chi connectivity index (χ1n) is 8.09. The Balaban J connectivity index is 1.52. The van der Waals surface area contributed by atoms with E-state index in [1.807, 2.05) is 0 Å². The molecule has 0 unspecified atom stereocenters. The Morgan fingerprint density at radius 1 is 1.00 bits per heavy atom. The number of piperazine rings is 1. The maximum Gasteiger partial charge on any atom is 0.173 e. The number of anilines is 1. The summed E-state index contributed by atoms with van der Waals surface area (Å²) in [6.07, 6.45) is 0. The molecular weight excluding hydrogens is 399 g/mol. The maximum absolute atomic E-state index is 13.2. The minimum absolute atomic E-state index is 0.0544. The molecule has 3 rings (SSSR count). The highest BCUT2D eigenvalue weighted by molar-refractivity contribution is 7.80. The summed E-state index contributed by atoms with van der Waals surface area (Å²) in [5.41, 5.74) is 1.56. The summed E-state index contributed by atoms with van der Waals surface area (Å²) >= 11 is 17.3. The molecule has 0 amide bonds. The van der Waals surface area contributed by atoms with Crippen LogP contribution in [0, 0.1) is 11.6 Å². The van der Waals surface area contributed by atoms with Gasteiger partial charge in [-0.1, -0.05) is 29.3 Å². The molecule has 26 heavy (non-hydrogen) atoms. The molecule has 3 nitrogen and oxygen atoms in total. The van der Waals surface area contributed by atoms with E-state index in [0.717, 1.165) is 31.7 Å². The van der Waals surface area contributed by atoms with Crippen molar-refractivity contribution in [2.75, 3.05) is 31.5 Å². The quantitative estimate of drug-likeness (QED) is 0.726. The van der Waals surface area contributed by atoms with Gasteiger partial charge in [0.2, 0.25) is 0 Å². The van der Waals surface area contributed by atoms with Crippen LogP contribution in [0.15, 0.2) is 36.4 Å². The van der Waals surface area contributed by atoms with Crippen molar-refractivity contribution < 1.29 is 8.78 Å². The third kappa shape index (κ3) is 4.82. The number of hydrogen-bond acceptors (Lipinski definition) is 2. The number of nitrogens with one attached hydrogen (secondary N) is 1. The fraction of sp³-hybridized carbons (Fsp3) is 0.278. The van der Waals surface area contributed by atoms with E-state index in [0.29, 0.717) is 22.4 Å². The topological polar surface area (TPSA) is 18.5 Å². The minimum Gasteiger partial charge on any atom is -0.346 e. The number of rotatable bonds is 3. The third-order valence-corrected chi connectivity index (χ3v) is 5.24. The molecule has 0 spiro atoms. The lowest BCUT2D eigenvalue weighted by molar-refractivity contribution is 0.177. The van der Waals surface area contributed by atoms with Crippen molar-refractivity contribution >= 4 is 46.2 Å². The zero-order valence-electron chi connectivity index (χ0n) is 13.8. The fourth-order valence-electron chi connectivity index (χ4n) is 2.78. The van der Waals surface area contributed by atoms with Crippen LogP contribution >= 0.6 is 35.4 Å². The van der Waals surface area contributed by atoms with Crippen LogP contribution in [0.5, 0.6) is 0 Å². The summed E-state index contributed by atoms with van der Waals surface area (Å²) in [6, 6.07) is 8.88. The van der Waals surface area contributed by atoms with Gasteiger partial charge in [0.15, 0.2) is 5.11 Å². The van der Waals surface area contributed by atoms with Crippen LogP contribution in [0.4, 0.5) is 14.5 Å². The summed E-state index contributed by atoms with van der Waals surface area (Å²) < 4.78 is 26.4. The predicted molar refractivity (Wildman–Crippen MR) is 106 cm³/mol. The van der Waals surface area contributed by atoms with Crippen LogP contribution in [0.1, 0.15) is 5.56 Å². The van der Waals surface area contributed by atoms with Gasteiger partial charge in [-0.15, -0.1) is 0 Å². The van der Waals surface area contributed by atoms with E-state index >= 15 is 0 Å². The van der Waals surface area contributed by atoms with E-state index in [-0.39, 0.29) is 10.8 Å². The zero-order valence-corrected chi connectivity index (χ0v) is 16.1. The lowest BCUT2D eigenvalue weighted by Crippen LogP contribution is -2.49. The Morgan fingerprint density at radius 3 is 2.38 bits per heavy atom. The fourth-order valence-corrected chi connectivity index (χ4v) is 3.48. The smallest absolute Gasteiger partial charge is 0.173 e. The molecular formula is C18H17Cl2F2N3S. The number of halogens is 4. The lowest BCUT2D eigenvalue weighted by Gasteiger charge is -2.36. The lowest BCUT2D eigenvalue weighted by atomic mass is 10.2. The summed E-state index contributed by atoms with van der Waals surface area (Å²) in [5.74, 6) is -0.794. The van der Waals surface area contributed by atoms with E-state index in [2.05, 4.69) is 15.1 Å². The molecule has 1 saturated heterocycles. The zero-order chi connectivity index (χ0) is 18.7. The van der Waals surface area contributed by atoms with Gasteiger partial charge in [0, 0.05) is 43.4 Å². The second kappa shape index (κ2) is 8.48. The van der Waals surface area contributed by atoms with Gasteiger partial charge < -0.3 is 10.2 Å².